The molecule has 3 heterocycles. The van der Waals surface area contributed by atoms with Crippen molar-refractivity contribution in [2.75, 3.05) is 63.3 Å². The number of aliphatic hydroxyl groups excluding tert-OH is 2. The molecule has 8 rings (SSSR count). The second-order valence-corrected chi connectivity index (χ2v) is 19.1. The number of aromatic carboxylic acids is 1. The second kappa shape index (κ2) is 18.2. The number of benzene rings is 1. The number of para-hydroxylation sites is 1. The minimum Gasteiger partial charge on any atom is -0.476 e. The third kappa shape index (κ3) is 9.65. The summed E-state index contributed by atoms with van der Waals surface area (Å²) >= 11 is 1.54. The van der Waals surface area contributed by atoms with Crippen LogP contribution in [0.5, 0.6) is 0 Å². The van der Waals surface area contributed by atoms with Crippen molar-refractivity contribution in [2.45, 2.75) is 84.7 Å². The molecule has 0 aliphatic heterocycles. The number of carboxylic acid groups (broad SMARTS) is 1. The van der Waals surface area contributed by atoms with Crippen molar-refractivity contribution in [3.8, 4) is 0 Å². The van der Waals surface area contributed by atoms with Crippen LogP contribution < -0.4 is 16.0 Å². The van der Waals surface area contributed by atoms with Crippen molar-refractivity contribution in [2.24, 2.45) is 33.4 Å². The number of aromatic nitrogens is 4. The molecule has 14 nitrogen and oxygen atoms in total. The predicted molar refractivity (Wildman–Crippen MR) is 238 cm³/mol. The highest BCUT2D eigenvalue weighted by atomic mass is 32.1. The summed E-state index contributed by atoms with van der Waals surface area (Å²) in [6.45, 7) is 12.7. The average molecular weight is 840 g/mol. The number of thiazole rings is 1. The molecule has 1 aromatic carbocycles. The first-order chi connectivity index (χ1) is 28.7. The van der Waals surface area contributed by atoms with Crippen LogP contribution in [0.4, 0.5) is 22.6 Å². The average Bonchev–Trinajstić information content (AvgIpc) is 3.56. The molecule has 4 aliphatic carbocycles. The number of allylic oxidation sites excluding steroid dienone is 1. The van der Waals surface area contributed by atoms with Crippen molar-refractivity contribution in [1.29, 1.82) is 0 Å². The number of aliphatic hydroxyl groups is 2. The summed E-state index contributed by atoms with van der Waals surface area (Å²) in [5, 5.41) is 42.1. The number of nitrogens with zero attached hydrogens (tertiary/aromatic N) is 7. The maximum atomic E-state index is 12.8. The Bertz CT molecular complexity index is 2190. The summed E-state index contributed by atoms with van der Waals surface area (Å²) in [6.07, 6.45) is 9.39. The van der Waals surface area contributed by atoms with Gasteiger partial charge in [0.2, 0.25) is 0 Å². The van der Waals surface area contributed by atoms with Gasteiger partial charge < -0.3 is 40.9 Å². The number of carboxylic acids is 1. The van der Waals surface area contributed by atoms with E-state index in [9.17, 15) is 20.1 Å². The highest BCUT2D eigenvalue weighted by Gasteiger charge is 2.60. The number of hydrogen-bond acceptors (Lipinski definition) is 14. The zero-order chi connectivity index (χ0) is 42.7. The molecule has 322 valence electrons. The topological polar surface area (TPSA) is 195 Å². The van der Waals surface area contributed by atoms with E-state index in [-0.39, 0.29) is 35.3 Å². The fourth-order valence-electron chi connectivity index (χ4n) is 10.9. The maximum absolute atomic E-state index is 12.8. The minimum absolute atomic E-state index is 0.124. The first-order valence-corrected chi connectivity index (χ1v) is 22.0. The summed E-state index contributed by atoms with van der Waals surface area (Å²) in [7, 11) is 1.78. The molecule has 4 saturated carbocycles. The molecule has 3 aromatic heterocycles. The largest absolute Gasteiger partial charge is 0.476 e. The molecule has 6 N–H and O–H groups in total. The Labute approximate surface area is 357 Å². The van der Waals surface area contributed by atoms with Gasteiger partial charge in [0, 0.05) is 69.5 Å². The Kier molecular flexibility index (Phi) is 13.2. The first kappa shape index (κ1) is 43.5. The van der Waals surface area contributed by atoms with Crippen LogP contribution in [0.3, 0.4) is 0 Å². The number of aliphatic imine (C=N–C) groups is 1. The number of aryl methyl sites for hydroxylation is 1. The third-order valence-electron chi connectivity index (χ3n) is 12.9. The normalized spacial score (nSPS) is 25.3. The standard InChI is InChI=1S/C45H61N9O5S/c1-29-20-38(51-52-40(29)50-42-48-35-10-6-7-11-36(35)60-42)53(5)37-13-12-33(39(49-37)41(57)58)34(24-46)30(2)47-25-32-22-44(4)26-43(3)21-31(32)23-45(27-43,28-44)59-19-16-54(14-8-17-55)15-9-18-56/h6-7,10-13,20,24,31-32,55-56H,8-9,14-19,21-23,25-28,46H2,1-5H3,(H,57,58)(H,48,50,52). The van der Waals surface area contributed by atoms with Gasteiger partial charge in [0.05, 0.1) is 22.4 Å². The van der Waals surface area contributed by atoms with Crippen LogP contribution >= 0.6 is 11.3 Å². The molecule has 0 radical (unpaired) electrons. The summed E-state index contributed by atoms with van der Waals surface area (Å²) in [5.41, 5.74) is 9.66. The lowest BCUT2D eigenvalue weighted by molar-refractivity contribution is -0.165. The summed E-state index contributed by atoms with van der Waals surface area (Å²) < 4.78 is 8.03. The van der Waals surface area contributed by atoms with Crippen molar-refractivity contribution < 1.29 is 24.9 Å². The van der Waals surface area contributed by atoms with Crippen molar-refractivity contribution in [3.63, 3.8) is 0 Å². The van der Waals surface area contributed by atoms with E-state index in [4.69, 9.17) is 15.5 Å². The van der Waals surface area contributed by atoms with Gasteiger partial charge in [0.1, 0.15) is 5.82 Å². The molecular weight excluding hydrogens is 779 g/mol. The number of fused-ring (bicyclic) bond motifs is 2. The van der Waals surface area contributed by atoms with Gasteiger partial charge in [-0.05, 0) is 124 Å². The van der Waals surface area contributed by atoms with E-state index < -0.39 is 5.97 Å². The quantitative estimate of drug-likeness (QED) is 0.0595. The maximum Gasteiger partial charge on any atom is 0.355 e. The number of nitrogens with one attached hydrogen (secondary N) is 1. The second-order valence-electron chi connectivity index (χ2n) is 18.1. The van der Waals surface area contributed by atoms with Crippen LogP contribution in [0, 0.1) is 29.6 Å². The fraction of sp³-hybridized carbons (Fsp3) is 0.556. The van der Waals surface area contributed by atoms with Crippen LogP contribution in [0.25, 0.3) is 15.8 Å². The van der Waals surface area contributed by atoms with Gasteiger partial charge in [-0.3, -0.25) is 4.99 Å². The summed E-state index contributed by atoms with van der Waals surface area (Å²) in [5.74, 6) is 1.14. The Morgan fingerprint density at radius 2 is 1.73 bits per heavy atom. The zero-order valence-corrected chi connectivity index (χ0v) is 36.5. The molecule has 60 heavy (non-hydrogen) atoms. The van der Waals surface area contributed by atoms with E-state index in [1.54, 1.807) is 24.1 Å². The van der Waals surface area contributed by atoms with E-state index in [2.05, 4.69) is 44.2 Å². The Balaban J connectivity index is 1.04. The predicted octanol–water partition coefficient (Wildman–Crippen LogP) is 7.21. The summed E-state index contributed by atoms with van der Waals surface area (Å²) in [6, 6.07) is 13.3. The lowest BCUT2D eigenvalue weighted by Gasteiger charge is -2.56. The molecular formula is C45H61N9O5S. The van der Waals surface area contributed by atoms with Gasteiger partial charge in [-0.2, -0.15) is 0 Å². The van der Waals surface area contributed by atoms with Crippen LogP contribution in [0.15, 0.2) is 53.7 Å². The van der Waals surface area contributed by atoms with Gasteiger partial charge in [-0.25, -0.2) is 14.8 Å². The van der Waals surface area contributed by atoms with Gasteiger partial charge in [0.15, 0.2) is 22.5 Å². The lowest BCUT2D eigenvalue weighted by atomic mass is 9.53. The molecule has 5 unspecified atom stereocenters. The fourth-order valence-corrected chi connectivity index (χ4v) is 11.7. The lowest BCUT2D eigenvalue weighted by Crippen LogP contribution is -2.53. The van der Waals surface area contributed by atoms with Gasteiger partial charge in [0.25, 0.3) is 0 Å². The third-order valence-corrected chi connectivity index (χ3v) is 13.9. The van der Waals surface area contributed by atoms with E-state index in [0.29, 0.717) is 72.1 Å². The number of ether oxygens (including phenoxy) is 1. The molecule has 15 heteroatoms. The number of pyridine rings is 1. The Hall–Kier alpha value is -4.54. The molecule has 4 aromatic rings. The van der Waals surface area contributed by atoms with Gasteiger partial charge in [-0.1, -0.05) is 37.3 Å². The van der Waals surface area contributed by atoms with Crippen LogP contribution in [-0.4, -0.2) is 111 Å². The highest BCUT2D eigenvalue weighted by molar-refractivity contribution is 7.22. The van der Waals surface area contributed by atoms with Crippen molar-refractivity contribution in [3.05, 3.63) is 65.5 Å². The van der Waals surface area contributed by atoms with Crippen LogP contribution in [0.2, 0.25) is 0 Å². The molecule has 4 bridgehead atoms. The minimum atomic E-state index is -1.17. The van der Waals surface area contributed by atoms with E-state index in [1.165, 1.54) is 24.0 Å². The number of hydrogen-bond donors (Lipinski definition) is 5. The smallest absolute Gasteiger partial charge is 0.355 e. The first-order valence-electron chi connectivity index (χ1n) is 21.2. The number of carbonyl (C=O) groups is 1. The zero-order valence-electron chi connectivity index (χ0n) is 35.7. The monoisotopic (exact) mass is 839 g/mol. The molecule has 0 saturated heterocycles. The SMILES string of the molecule is CC(=NCC1CC2(C)CC3(C)CC1CC(OCCN(CCCO)CCCO)(C2)C3)C(=CN)c1ccc(N(C)c2cc(C)c(Nc3nc4ccccc4s3)nn2)nc1C(=O)O. The van der Waals surface area contributed by atoms with Crippen molar-refractivity contribution in [1.82, 2.24) is 25.1 Å². The van der Waals surface area contributed by atoms with Gasteiger partial charge in [-0.15, -0.1) is 10.2 Å². The Morgan fingerprint density at radius 1 is 1.00 bits per heavy atom. The number of rotatable bonds is 19. The van der Waals surface area contributed by atoms with E-state index in [0.717, 1.165) is 72.7 Å². The molecule has 4 aliphatic rings. The molecule has 0 amide bonds. The molecule has 0 spiro atoms. The summed E-state index contributed by atoms with van der Waals surface area (Å²) in [4.78, 5) is 31.1. The number of nitrogens with two attached hydrogens (primary N) is 1. The van der Waals surface area contributed by atoms with Crippen molar-refractivity contribution >= 4 is 61.4 Å². The van der Waals surface area contributed by atoms with Crippen LogP contribution in [0.1, 0.15) is 93.8 Å². The molecule has 5 atom stereocenters. The number of anilines is 4. The Morgan fingerprint density at radius 3 is 2.42 bits per heavy atom. The van der Waals surface area contributed by atoms with E-state index in [1.807, 2.05) is 44.2 Å². The van der Waals surface area contributed by atoms with Gasteiger partial charge >= 0.3 is 5.97 Å². The molecule has 4 fully saturated rings. The highest BCUT2D eigenvalue weighted by Crippen LogP contribution is 2.66. The van der Waals surface area contributed by atoms with Crippen LogP contribution in [-0.2, 0) is 4.74 Å². The van der Waals surface area contributed by atoms with E-state index >= 15 is 0 Å².